The van der Waals surface area contributed by atoms with Gasteiger partial charge in [0.05, 0.1) is 23.3 Å². The summed E-state index contributed by atoms with van der Waals surface area (Å²) in [5.74, 6) is -0.912. The van der Waals surface area contributed by atoms with E-state index < -0.39 is 11.7 Å². The minimum absolute atomic E-state index is 0.125. The minimum Gasteiger partial charge on any atom is -0.370 e. The first-order valence-electron chi connectivity index (χ1n) is 11.5. The molecule has 34 heavy (non-hydrogen) atoms. The van der Waals surface area contributed by atoms with Gasteiger partial charge < -0.3 is 10.2 Å². The van der Waals surface area contributed by atoms with Crippen LogP contribution in [0.25, 0.3) is 10.8 Å². The number of fused-ring (bicyclic) bond motifs is 1. The average Bonchev–Trinajstić information content (AvgIpc) is 2.87. The summed E-state index contributed by atoms with van der Waals surface area (Å²) < 4.78 is 15.5. The van der Waals surface area contributed by atoms with E-state index in [-0.39, 0.29) is 17.8 Å². The fraction of sp³-hybridized carbons (Fsp3) is 0.222. The topological polar surface area (TPSA) is 67.2 Å². The molecule has 0 bridgehead atoms. The van der Waals surface area contributed by atoms with Gasteiger partial charge in [0.25, 0.3) is 11.5 Å². The maximum atomic E-state index is 14.1. The fourth-order valence-electron chi connectivity index (χ4n) is 4.47. The van der Waals surface area contributed by atoms with E-state index in [1.165, 1.54) is 16.8 Å². The van der Waals surface area contributed by atoms with Gasteiger partial charge in [-0.25, -0.2) is 9.07 Å². The zero-order valence-corrected chi connectivity index (χ0v) is 18.7. The molecular weight excluding hydrogens is 431 g/mol. The molecule has 3 aromatic carbocycles. The van der Waals surface area contributed by atoms with E-state index in [2.05, 4.69) is 15.3 Å². The van der Waals surface area contributed by atoms with Crippen LogP contribution in [-0.4, -0.2) is 28.8 Å². The molecule has 1 saturated heterocycles. The van der Waals surface area contributed by atoms with E-state index in [9.17, 15) is 14.0 Å². The molecule has 172 valence electrons. The van der Waals surface area contributed by atoms with Crippen LogP contribution in [0.5, 0.6) is 0 Å². The lowest BCUT2D eigenvalue weighted by molar-refractivity contribution is 0.102. The van der Waals surface area contributed by atoms with Crippen LogP contribution in [0.3, 0.4) is 0 Å². The van der Waals surface area contributed by atoms with Gasteiger partial charge in [0, 0.05) is 18.5 Å². The number of amides is 1. The molecule has 1 aliphatic heterocycles. The molecule has 4 aromatic rings. The summed E-state index contributed by atoms with van der Waals surface area (Å²) in [4.78, 5) is 28.7. The number of benzene rings is 3. The third kappa shape index (κ3) is 4.41. The second-order valence-electron chi connectivity index (χ2n) is 8.51. The first-order chi connectivity index (χ1) is 16.6. The number of aromatic nitrogens is 2. The van der Waals surface area contributed by atoms with Crippen molar-refractivity contribution >= 4 is 28.1 Å². The zero-order valence-electron chi connectivity index (χ0n) is 18.7. The maximum absolute atomic E-state index is 14.1. The largest absolute Gasteiger partial charge is 0.370 e. The van der Waals surface area contributed by atoms with Crippen molar-refractivity contribution < 1.29 is 9.18 Å². The molecule has 0 spiro atoms. The Kier molecular flexibility index (Phi) is 6.08. The van der Waals surface area contributed by atoms with Crippen molar-refractivity contribution in [1.29, 1.82) is 0 Å². The van der Waals surface area contributed by atoms with Crippen LogP contribution < -0.4 is 15.8 Å². The van der Waals surface area contributed by atoms with Gasteiger partial charge in [-0.1, -0.05) is 48.5 Å². The molecule has 0 atom stereocenters. The van der Waals surface area contributed by atoms with Crippen LogP contribution in [0.4, 0.5) is 15.8 Å². The standard InChI is InChI=1S/C27H25FN4O2/c28-20-13-14-24(31-15-7-2-8-16-31)23(17-20)29-26(33)25-21-11-5-6-12-22(21)27(34)32(30-25)18-19-9-3-1-4-10-19/h1,3-6,9-14,17H,2,7-8,15-16,18H2,(H,29,33). The van der Waals surface area contributed by atoms with Crippen LogP contribution in [0, 0.1) is 5.82 Å². The molecule has 1 amide bonds. The first kappa shape index (κ1) is 21.8. The molecule has 1 fully saturated rings. The number of piperidine rings is 1. The first-order valence-corrected chi connectivity index (χ1v) is 11.5. The monoisotopic (exact) mass is 456 g/mol. The molecular formula is C27H25FN4O2. The Morgan fingerprint density at radius 1 is 0.912 bits per heavy atom. The Morgan fingerprint density at radius 3 is 2.38 bits per heavy atom. The third-order valence-electron chi connectivity index (χ3n) is 6.16. The van der Waals surface area contributed by atoms with Crippen LogP contribution in [0.1, 0.15) is 35.3 Å². The summed E-state index contributed by atoms with van der Waals surface area (Å²) in [5, 5.41) is 8.18. The van der Waals surface area contributed by atoms with E-state index >= 15 is 0 Å². The highest BCUT2D eigenvalue weighted by Crippen LogP contribution is 2.30. The van der Waals surface area contributed by atoms with Crippen molar-refractivity contribution in [3.8, 4) is 0 Å². The summed E-state index contributed by atoms with van der Waals surface area (Å²) in [5.41, 5.74) is 1.95. The number of nitrogens with one attached hydrogen (secondary N) is 1. The highest BCUT2D eigenvalue weighted by atomic mass is 19.1. The van der Waals surface area contributed by atoms with E-state index in [0.29, 0.717) is 16.5 Å². The van der Waals surface area contributed by atoms with Gasteiger partial charge in [0.1, 0.15) is 5.82 Å². The number of rotatable bonds is 5. The van der Waals surface area contributed by atoms with Crippen molar-refractivity contribution in [2.75, 3.05) is 23.3 Å². The van der Waals surface area contributed by atoms with Crippen molar-refractivity contribution in [1.82, 2.24) is 9.78 Å². The maximum Gasteiger partial charge on any atom is 0.276 e. The van der Waals surface area contributed by atoms with Gasteiger partial charge >= 0.3 is 0 Å². The second kappa shape index (κ2) is 9.47. The van der Waals surface area contributed by atoms with Crippen molar-refractivity contribution in [3.05, 3.63) is 100 Å². The van der Waals surface area contributed by atoms with E-state index in [4.69, 9.17) is 0 Å². The number of hydrogen-bond acceptors (Lipinski definition) is 4. The number of carbonyl (C=O) groups excluding carboxylic acids is 1. The molecule has 0 radical (unpaired) electrons. The zero-order chi connectivity index (χ0) is 23.5. The smallest absolute Gasteiger partial charge is 0.276 e. The summed E-state index contributed by atoms with van der Waals surface area (Å²) in [6.07, 6.45) is 3.28. The van der Waals surface area contributed by atoms with Gasteiger partial charge in [0.15, 0.2) is 5.69 Å². The Morgan fingerprint density at radius 2 is 1.62 bits per heavy atom. The van der Waals surface area contributed by atoms with Crippen molar-refractivity contribution in [2.24, 2.45) is 0 Å². The predicted octanol–water partition coefficient (Wildman–Crippen LogP) is 4.83. The molecule has 0 unspecified atom stereocenters. The molecule has 7 heteroatoms. The Hall–Kier alpha value is -4.00. The molecule has 1 aliphatic rings. The van der Waals surface area contributed by atoms with Crippen LogP contribution in [-0.2, 0) is 6.54 Å². The lowest BCUT2D eigenvalue weighted by Gasteiger charge is -2.30. The number of nitrogens with zero attached hydrogens (tertiary/aromatic N) is 3. The van der Waals surface area contributed by atoms with Gasteiger partial charge in [-0.3, -0.25) is 9.59 Å². The Balaban J connectivity index is 1.54. The third-order valence-corrected chi connectivity index (χ3v) is 6.16. The molecule has 0 aliphatic carbocycles. The quantitative estimate of drug-likeness (QED) is 0.467. The molecule has 2 heterocycles. The van der Waals surface area contributed by atoms with Gasteiger partial charge in [-0.05, 0) is 49.1 Å². The predicted molar refractivity (Wildman–Crippen MR) is 132 cm³/mol. The van der Waals surface area contributed by atoms with E-state index in [0.717, 1.165) is 43.6 Å². The molecule has 5 rings (SSSR count). The molecule has 1 N–H and O–H groups in total. The minimum atomic E-state index is -0.484. The number of carbonyl (C=O) groups is 1. The normalized spacial score (nSPS) is 13.7. The van der Waals surface area contributed by atoms with E-state index in [1.54, 1.807) is 30.3 Å². The Bertz CT molecular complexity index is 1400. The fourth-order valence-corrected chi connectivity index (χ4v) is 4.47. The summed E-state index contributed by atoms with van der Waals surface area (Å²) in [6.45, 7) is 1.96. The number of halogens is 1. The van der Waals surface area contributed by atoms with Crippen LogP contribution in [0.2, 0.25) is 0 Å². The molecule has 0 saturated carbocycles. The van der Waals surface area contributed by atoms with Crippen LogP contribution >= 0.6 is 0 Å². The van der Waals surface area contributed by atoms with E-state index in [1.807, 2.05) is 30.3 Å². The van der Waals surface area contributed by atoms with Gasteiger partial charge in [-0.15, -0.1) is 0 Å². The average molecular weight is 457 g/mol. The summed E-state index contributed by atoms with van der Waals surface area (Å²) in [7, 11) is 0. The highest BCUT2D eigenvalue weighted by Gasteiger charge is 2.21. The van der Waals surface area contributed by atoms with Crippen molar-refractivity contribution in [3.63, 3.8) is 0 Å². The SMILES string of the molecule is O=C(Nc1cc(F)ccc1N1CCCCC1)c1nn(Cc2ccccc2)c(=O)c2ccccc12. The molecule has 6 nitrogen and oxygen atoms in total. The summed E-state index contributed by atoms with van der Waals surface area (Å²) in [6, 6.07) is 20.9. The lowest BCUT2D eigenvalue weighted by Crippen LogP contribution is -2.31. The second-order valence-corrected chi connectivity index (χ2v) is 8.51. The number of anilines is 2. The van der Waals surface area contributed by atoms with Gasteiger partial charge in [-0.2, -0.15) is 5.10 Å². The highest BCUT2D eigenvalue weighted by molar-refractivity contribution is 6.12. The summed E-state index contributed by atoms with van der Waals surface area (Å²) >= 11 is 0. The van der Waals surface area contributed by atoms with Gasteiger partial charge in [0.2, 0.25) is 0 Å². The number of hydrogen-bond donors (Lipinski definition) is 1. The van der Waals surface area contributed by atoms with Crippen LogP contribution in [0.15, 0.2) is 77.6 Å². The lowest BCUT2D eigenvalue weighted by atomic mass is 10.1. The van der Waals surface area contributed by atoms with Crippen molar-refractivity contribution in [2.45, 2.75) is 25.8 Å². The molecule has 1 aromatic heterocycles. The Labute approximate surface area is 196 Å².